The highest BCUT2D eigenvalue weighted by Gasteiger charge is 2.16. The molecular formula is C24H26N2O5S2. The van der Waals surface area contributed by atoms with Crippen LogP contribution < -0.4 is 4.80 Å². The summed E-state index contributed by atoms with van der Waals surface area (Å²) >= 11 is 2.89. The van der Waals surface area contributed by atoms with Gasteiger partial charge in [-0.05, 0) is 50.2 Å². The molecule has 0 unspecified atom stereocenters. The Balaban J connectivity index is 2.07. The van der Waals surface area contributed by atoms with Gasteiger partial charge >= 0.3 is 11.9 Å². The Morgan fingerprint density at radius 1 is 1.03 bits per heavy atom. The molecule has 0 aliphatic carbocycles. The number of benzene rings is 2. The molecule has 0 aliphatic heterocycles. The zero-order valence-electron chi connectivity index (χ0n) is 19.0. The van der Waals surface area contributed by atoms with Gasteiger partial charge in [-0.1, -0.05) is 31.3 Å². The molecule has 0 saturated heterocycles. The van der Waals surface area contributed by atoms with Crippen molar-refractivity contribution in [1.29, 1.82) is 0 Å². The second kappa shape index (κ2) is 11.3. The summed E-state index contributed by atoms with van der Waals surface area (Å²) < 4.78 is 12.5. The van der Waals surface area contributed by atoms with Gasteiger partial charge in [0.05, 0.1) is 29.0 Å². The summed E-state index contributed by atoms with van der Waals surface area (Å²) in [5.74, 6) is -1.27. The van der Waals surface area contributed by atoms with E-state index in [2.05, 4.69) is 18.8 Å². The summed E-state index contributed by atoms with van der Waals surface area (Å²) in [7, 11) is 0. The van der Waals surface area contributed by atoms with Crippen LogP contribution >= 0.6 is 23.1 Å². The van der Waals surface area contributed by atoms with Crippen LogP contribution in [0.4, 0.5) is 0 Å². The summed E-state index contributed by atoms with van der Waals surface area (Å²) in [5, 5.41) is 0.384. The molecule has 0 atom stereocenters. The summed E-state index contributed by atoms with van der Waals surface area (Å²) in [6, 6.07) is 12.4. The Bertz CT molecular complexity index is 1240. The summed E-state index contributed by atoms with van der Waals surface area (Å²) in [6.07, 6.45) is 0. The molecule has 0 radical (unpaired) electrons. The standard InChI is InChI=1S/C24H26N2O5S2/c1-5-30-21(27)14-26-19-11-10-17(23(29)31-6-2)13-20(19)33-24(26)25-22(28)16-8-7-9-18(12-16)32-15(3)4/h7-13,15H,5-6,14H2,1-4H3. The number of aromatic nitrogens is 1. The predicted octanol–water partition coefficient (Wildman–Crippen LogP) is 4.68. The molecule has 174 valence electrons. The second-order valence-corrected chi connectivity index (χ2v) is 9.95. The minimum absolute atomic E-state index is 0.0953. The van der Waals surface area contributed by atoms with Crippen molar-refractivity contribution in [2.45, 2.75) is 44.4 Å². The minimum atomic E-state index is -0.434. The Morgan fingerprint density at radius 2 is 1.79 bits per heavy atom. The second-order valence-electron chi connectivity index (χ2n) is 7.29. The third-order valence-corrected chi connectivity index (χ3v) is 6.48. The maximum Gasteiger partial charge on any atom is 0.338 e. The van der Waals surface area contributed by atoms with Gasteiger partial charge in [0.15, 0.2) is 4.80 Å². The van der Waals surface area contributed by atoms with Gasteiger partial charge in [-0.2, -0.15) is 4.99 Å². The molecule has 2 aromatic carbocycles. The fourth-order valence-corrected chi connectivity index (χ4v) is 5.08. The molecular weight excluding hydrogens is 460 g/mol. The maximum atomic E-state index is 13.0. The third kappa shape index (κ3) is 6.33. The van der Waals surface area contributed by atoms with Crippen molar-refractivity contribution in [2.24, 2.45) is 4.99 Å². The smallest absolute Gasteiger partial charge is 0.338 e. The van der Waals surface area contributed by atoms with Gasteiger partial charge in [0, 0.05) is 15.7 Å². The Labute approximate surface area is 200 Å². The lowest BCUT2D eigenvalue weighted by molar-refractivity contribution is -0.143. The molecule has 0 spiro atoms. The van der Waals surface area contributed by atoms with E-state index >= 15 is 0 Å². The van der Waals surface area contributed by atoms with Gasteiger partial charge in [0.2, 0.25) is 0 Å². The van der Waals surface area contributed by atoms with Gasteiger partial charge in [-0.15, -0.1) is 11.8 Å². The van der Waals surface area contributed by atoms with Crippen molar-refractivity contribution >= 4 is 51.2 Å². The van der Waals surface area contributed by atoms with Crippen LogP contribution in [0.5, 0.6) is 0 Å². The first-order chi connectivity index (χ1) is 15.8. The Morgan fingerprint density at radius 3 is 2.48 bits per heavy atom. The molecule has 9 heteroatoms. The molecule has 7 nitrogen and oxygen atoms in total. The molecule has 0 fully saturated rings. The molecule has 0 aliphatic rings. The molecule has 0 bridgehead atoms. The van der Waals surface area contributed by atoms with E-state index in [1.807, 2.05) is 18.2 Å². The Kier molecular flexibility index (Phi) is 8.46. The number of thiazole rings is 1. The maximum absolute atomic E-state index is 13.0. The zero-order chi connectivity index (χ0) is 24.0. The highest BCUT2D eigenvalue weighted by Crippen LogP contribution is 2.24. The largest absolute Gasteiger partial charge is 0.465 e. The third-order valence-electron chi connectivity index (χ3n) is 4.44. The minimum Gasteiger partial charge on any atom is -0.465 e. The van der Waals surface area contributed by atoms with Crippen LogP contribution in [0.2, 0.25) is 0 Å². The lowest BCUT2D eigenvalue weighted by Crippen LogP contribution is -2.23. The molecule has 1 aromatic heterocycles. The predicted molar refractivity (Wildman–Crippen MR) is 130 cm³/mol. The van der Waals surface area contributed by atoms with Crippen LogP contribution in [0.1, 0.15) is 48.4 Å². The highest BCUT2D eigenvalue weighted by atomic mass is 32.2. The van der Waals surface area contributed by atoms with Crippen molar-refractivity contribution in [1.82, 2.24) is 4.57 Å². The van der Waals surface area contributed by atoms with Crippen LogP contribution in [-0.4, -0.2) is 40.9 Å². The van der Waals surface area contributed by atoms with E-state index in [0.717, 1.165) is 4.90 Å². The van der Waals surface area contributed by atoms with Crippen molar-refractivity contribution < 1.29 is 23.9 Å². The number of hydrogen-bond acceptors (Lipinski definition) is 7. The van der Waals surface area contributed by atoms with E-state index in [1.54, 1.807) is 54.4 Å². The van der Waals surface area contributed by atoms with Crippen molar-refractivity contribution in [3.05, 3.63) is 58.4 Å². The van der Waals surface area contributed by atoms with Gasteiger partial charge < -0.3 is 14.0 Å². The first-order valence-corrected chi connectivity index (χ1v) is 12.3. The number of rotatable bonds is 8. The van der Waals surface area contributed by atoms with E-state index in [-0.39, 0.29) is 19.8 Å². The molecule has 0 saturated carbocycles. The molecule has 3 rings (SSSR count). The highest BCUT2D eigenvalue weighted by molar-refractivity contribution is 7.99. The number of nitrogens with zero attached hydrogens (tertiary/aromatic N) is 2. The average Bonchev–Trinajstić information content (AvgIpc) is 3.09. The van der Waals surface area contributed by atoms with E-state index in [9.17, 15) is 14.4 Å². The van der Waals surface area contributed by atoms with Gasteiger partial charge in [0.1, 0.15) is 6.54 Å². The fraction of sp³-hybridized carbons (Fsp3) is 0.333. The molecule has 1 amide bonds. The topological polar surface area (TPSA) is 87.0 Å². The van der Waals surface area contributed by atoms with E-state index in [0.29, 0.717) is 31.4 Å². The van der Waals surface area contributed by atoms with Crippen LogP contribution in [0.15, 0.2) is 52.4 Å². The monoisotopic (exact) mass is 486 g/mol. The lowest BCUT2D eigenvalue weighted by atomic mass is 10.2. The van der Waals surface area contributed by atoms with Crippen LogP contribution in [-0.2, 0) is 20.8 Å². The molecule has 3 aromatic rings. The molecule has 0 N–H and O–H groups in total. The number of thioether (sulfide) groups is 1. The van der Waals surface area contributed by atoms with Crippen molar-refractivity contribution in [2.75, 3.05) is 13.2 Å². The van der Waals surface area contributed by atoms with Crippen molar-refractivity contribution in [3.63, 3.8) is 0 Å². The van der Waals surface area contributed by atoms with Crippen LogP contribution in [0, 0.1) is 0 Å². The summed E-state index contributed by atoms with van der Waals surface area (Å²) in [5.41, 5.74) is 1.54. The number of esters is 2. The number of amides is 1. The van der Waals surface area contributed by atoms with Crippen LogP contribution in [0.3, 0.4) is 0 Å². The number of hydrogen-bond donors (Lipinski definition) is 0. The molecule has 1 heterocycles. The summed E-state index contributed by atoms with van der Waals surface area (Å²) in [4.78, 5) is 43.0. The van der Waals surface area contributed by atoms with E-state index < -0.39 is 17.8 Å². The van der Waals surface area contributed by atoms with Crippen LogP contribution in [0.25, 0.3) is 10.2 Å². The number of carbonyl (C=O) groups excluding carboxylic acids is 3. The van der Waals surface area contributed by atoms with Gasteiger partial charge in [0.25, 0.3) is 5.91 Å². The van der Waals surface area contributed by atoms with E-state index in [1.165, 1.54) is 11.3 Å². The average molecular weight is 487 g/mol. The van der Waals surface area contributed by atoms with E-state index in [4.69, 9.17) is 9.47 Å². The first-order valence-electron chi connectivity index (χ1n) is 10.6. The lowest BCUT2D eigenvalue weighted by Gasteiger charge is -2.06. The normalized spacial score (nSPS) is 11.7. The number of carbonyl (C=O) groups is 3. The quantitative estimate of drug-likeness (QED) is 0.339. The zero-order valence-corrected chi connectivity index (χ0v) is 20.6. The first kappa shape index (κ1) is 24.7. The Hall–Kier alpha value is -2.91. The van der Waals surface area contributed by atoms with Crippen molar-refractivity contribution in [3.8, 4) is 0 Å². The fourth-order valence-electron chi connectivity index (χ4n) is 3.11. The SMILES string of the molecule is CCOC(=O)Cn1c(=NC(=O)c2cccc(SC(C)C)c2)sc2cc(C(=O)OCC)ccc21. The number of ether oxygens (including phenoxy) is 2. The number of fused-ring (bicyclic) bond motifs is 1. The van der Waals surface area contributed by atoms with Gasteiger partial charge in [-0.25, -0.2) is 4.79 Å². The summed E-state index contributed by atoms with van der Waals surface area (Å²) in [6.45, 7) is 8.08. The molecule has 33 heavy (non-hydrogen) atoms. The van der Waals surface area contributed by atoms with Gasteiger partial charge in [-0.3, -0.25) is 9.59 Å².